The number of carbonyl (C=O) groups excluding carboxylic acids is 1. The summed E-state index contributed by atoms with van der Waals surface area (Å²) in [6.07, 6.45) is 11.5. The minimum absolute atomic E-state index is 0.0660. The van der Waals surface area contributed by atoms with Crippen molar-refractivity contribution in [3.8, 4) is 0 Å². The van der Waals surface area contributed by atoms with Gasteiger partial charge in [0.2, 0.25) is 0 Å². The minimum atomic E-state index is -0.156. The fraction of sp³-hybridized carbons (Fsp3) is 0.269. The van der Waals surface area contributed by atoms with Gasteiger partial charge in [0, 0.05) is 34.7 Å². The molecule has 0 bridgehead atoms. The van der Waals surface area contributed by atoms with Crippen LogP contribution in [-0.2, 0) is 5.41 Å². The number of rotatable bonds is 5. The van der Waals surface area contributed by atoms with Gasteiger partial charge in [-0.15, -0.1) is 11.3 Å². The van der Waals surface area contributed by atoms with Crippen molar-refractivity contribution >= 4 is 34.8 Å². The average molecular weight is 443 g/mol. The van der Waals surface area contributed by atoms with Crippen molar-refractivity contribution in [1.82, 2.24) is 4.98 Å². The van der Waals surface area contributed by atoms with E-state index < -0.39 is 0 Å². The van der Waals surface area contributed by atoms with Gasteiger partial charge in [-0.1, -0.05) is 43.2 Å². The van der Waals surface area contributed by atoms with Crippen LogP contribution in [0.5, 0.6) is 0 Å². The van der Waals surface area contributed by atoms with Crippen LogP contribution in [0, 0.1) is 0 Å². The van der Waals surface area contributed by atoms with Gasteiger partial charge in [0.05, 0.1) is 17.1 Å². The molecule has 1 atom stereocenters. The molecule has 0 saturated heterocycles. The van der Waals surface area contributed by atoms with Gasteiger partial charge in [-0.2, -0.15) is 0 Å². The van der Waals surface area contributed by atoms with Gasteiger partial charge in [0.15, 0.2) is 0 Å². The lowest BCUT2D eigenvalue weighted by Gasteiger charge is -2.27. The molecule has 1 aliphatic carbocycles. The summed E-state index contributed by atoms with van der Waals surface area (Å²) in [5, 5.41) is 6.28. The lowest BCUT2D eigenvalue weighted by Crippen LogP contribution is -2.24. The van der Waals surface area contributed by atoms with Gasteiger partial charge in [-0.25, -0.2) is 4.98 Å². The molecular weight excluding hydrogens is 416 g/mol. The van der Waals surface area contributed by atoms with Crippen LogP contribution in [0.15, 0.2) is 71.2 Å². The summed E-state index contributed by atoms with van der Waals surface area (Å²) in [6.45, 7) is 0. The van der Waals surface area contributed by atoms with E-state index in [9.17, 15) is 4.79 Å². The molecule has 32 heavy (non-hydrogen) atoms. The third-order valence-electron chi connectivity index (χ3n) is 6.52. The predicted molar refractivity (Wildman–Crippen MR) is 132 cm³/mol. The molecule has 162 valence electrons. The van der Waals surface area contributed by atoms with Crippen LogP contribution in [0.2, 0.25) is 0 Å². The van der Waals surface area contributed by atoms with Crippen LogP contribution in [-0.4, -0.2) is 17.1 Å². The molecule has 3 aromatic rings. The second-order valence-corrected chi connectivity index (χ2v) is 9.37. The third-order valence-corrected chi connectivity index (χ3v) is 7.59. The Hall–Kier alpha value is -3.25. The first-order chi connectivity index (χ1) is 15.7. The fourth-order valence-electron chi connectivity index (χ4n) is 4.71. The number of nitrogens with one attached hydrogen (secondary N) is 1. The number of hydrogen-bond donors (Lipinski definition) is 2. The topological polar surface area (TPSA) is 80.4 Å². The first kappa shape index (κ1) is 20.6. The monoisotopic (exact) mass is 442 g/mol. The predicted octanol–water partition coefficient (Wildman–Crippen LogP) is 5.91. The standard InChI is InChI=1S/C26H26N4OS/c27-21-7-1-2-8-22(21)29-24(31)18-9-11-20(12-10-18)26(13-3-4-14-26)25-30-23(17-32-25)19-6-5-15-28-16-19/h1-2,5,7-12,15-17,19H,3-4,6,13-14,27H2,(H,29,31). The van der Waals surface area contributed by atoms with E-state index in [-0.39, 0.29) is 17.2 Å². The summed E-state index contributed by atoms with van der Waals surface area (Å²) in [4.78, 5) is 22.1. The smallest absolute Gasteiger partial charge is 0.255 e. The number of carbonyl (C=O) groups is 1. The number of hydrogen-bond acceptors (Lipinski definition) is 5. The Labute approximate surface area is 192 Å². The number of allylic oxidation sites excluding steroid dienone is 1. The van der Waals surface area contributed by atoms with Crippen LogP contribution in [0.25, 0.3) is 0 Å². The summed E-state index contributed by atoms with van der Waals surface area (Å²) in [6, 6.07) is 15.3. The van der Waals surface area contributed by atoms with Gasteiger partial charge >= 0.3 is 0 Å². The molecule has 2 aliphatic rings. The van der Waals surface area contributed by atoms with Gasteiger partial charge < -0.3 is 11.1 Å². The van der Waals surface area contributed by atoms with E-state index in [1.807, 2.05) is 42.7 Å². The highest BCUT2D eigenvalue weighted by atomic mass is 32.1. The van der Waals surface area contributed by atoms with Crippen LogP contribution in [0.4, 0.5) is 11.4 Å². The molecule has 0 spiro atoms. The Bertz CT molecular complexity index is 1170. The molecule has 1 fully saturated rings. The molecule has 1 aliphatic heterocycles. The van der Waals surface area contributed by atoms with Gasteiger partial charge in [-0.05, 0) is 49.1 Å². The van der Waals surface area contributed by atoms with E-state index >= 15 is 0 Å². The first-order valence-electron chi connectivity index (χ1n) is 11.1. The van der Waals surface area contributed by atoms with E-state index in [2.05, 4.69) is 33.9 Å². The Kier molecular flexibility index (Phi) is 5.62. The summed E-state index contributed by atoms with van der Waals surface area (Å²) in [7, 11) is 0. The Morgan fingerprint density at radius 3 is 2.59 bits per heavy atom. The number of thiazole rings is 1. The molecule has 3 N–H and O–H groups in total. The number of nitrogens with zero attached hydrogens (tertiary/aromatic N) is 2. The number of nitrogen functional groups attached to an aromatic ring is 1. The summed E-state index contributed by atoms with van der Waals surface area (Å²) in [5.41, 5.74) is 10.1. The lowest BCUT2D eigenvalue weighted by molar-refractivity contribution is 0.102. The normalized spacial score (nSPS) is 19.2. The largest absolute Gasteiger partial charge is 0.397 e. The zero-order chi connectivity index (χ0) is 22.0. The Balaban J connectivity index is 1.39. The highest BCUT2D eigenvalue weighted by Gasteiger charge is 2.40. The molecule has 5 nitrogen and oxygen atoms in total. The van der Waals surface area contributed by atoms with Crippen molar-refractivity contribution in [2.24, 2.45) is 4.99 Å². The molecule has 2 aromatic carbocycles. The third kappa shape index (κ3) is 3.86. The Morgan fingerprint density at radius 2 is 1.88 bits per heavy atom. The van der Waals surface area contributed by atoms with Crippen molar-refractivity contribution in [2.45, 2.75) is 43.4 Å². The number of benzene rings is 2. The van der Waals surface area contributed by atoms with Crippen molar-refractivity contribution < 1.29 is 4.79 Å². The van der Waals surface area contributed by atoms with E-state index in [0.29, 0.717) is 16.9 Å². The van der Waals surface area contributed by atoms with Crippen LogP contribution in [0.1, 0.15) is 64.6 Å². The van der Waals surface area contributed by atoms with Gasteiger partial charge in [0.25, 0.3) is 5.91 Å². The lowest BCUT2D eigenvalue weighted by atomic mass is 9.79. The molecule has 5 rings (SSSR count). The average Bonchev–Trinajstić information content (AvgIpc) is 3.52. The van der Waals surface area contributed by atoms with Gasteiger partial charge in [0.1, 0.15) is 5.01 Å². The molecule has 1 saturated carbocycles. The quantitative estimate of drug-likeness (QED) is 0.482. The zero-order valence-corrected chi connectivity index (χ0v) is 18.6. The maximum Gasteiger partial charge on any atom is 0.255 e. The zero-order valence-electron chi connectivity index (χ0n) is 17.8. The number of anilines is 2. The second-order valence-electron chi connectivity index (χ2n) is 8.51. The number of aliphatic imine (C=N–C) groups is 1. The number of nitrogens with two attached hydrogens (primary N) is 1. The highest BCUT2D eigenvalue weighted by molar-refractivity contribution is 7.09. The van der Waals surface area contributed by atoms with Crippen molar-refractivity contribution in [1.29, 1.82) is 0 Å². The second kappa shape index (κ2) is 8.71. The fourth-order valence-corrected chi connectivity index (χ4v) is 5.87. The number of para-hydroxylation sites is 2. The van der Waals surface area contributed by atoms with Crippen molar-refractivity contribution in [3.05, 3.63) is 88.0 Å². The minimum Gasteiger partial charge on any atom is -0.397 e. The molecule has 6 heteroatoms. The van der Waals surface area contributed by atoms with E-state index in [1.54, 1.807) is 17.4 Å². The molecule has 1 amide bonds. The molecular formula is C26H26N4OS. The number of aromatic nitrogens is 1. The SMILES string of the molecule is Nc1ccccc1NC(=O)c1ccc(C2(c3nc(C4C=NC=CC4)cs3)CCCC2)cc1. The van der Waals surface area contributed by atoms with Crippen molar-refractivity contribution in [3.63, 3.8) is 0 Å². The highest BCUT2D eigenvalue weighted by Crippen LogP contribution is 2.48. The van der Waals surface area contributed by atoms with Gasteiger partial charge in [-0.3, -0.25) is 9.79 Å². The van der Waals surface area contributed by atoms with E-state index in [4.69, 9.17) is 10.7 Å². The summed E-state index contributed by atoms with van der Waals surface area (Å²) in [5.74, 6) is 0.107. The van der Waals surface area contributed by atoms with Crippen LogP contribution < -0.4 is 11.1 Å². The maximum atomic E-state index is 12.7. The van der Waals surface area contributed by atoms with Crippen LogP contribution >= 0.6 is 11.3 Å². The molecule has 1 unspecified atom stereocenters. The van der Waals surface area contributed by atoms with Crippen LogP contribution in [0.3, 0.4) is 0 Å². The molecule has 0 radical (unpaired) electrons. The van der Waals surface area contributed by atoms with E-state index in [1.165, 1.54) is 23.4 Å². The maximum absolute atomic E-state index is 12.7. The summed E-state index contributed by atoms with van der Waals surface area (Å²) < 4.78 is 0. The summed E-state index contributed by atoms with van der Waals surface area (Å²) >= 11 is 1.76. The molecule has 1 aromatic heterocycles. The number of amides is 1. The first-order valence-corrected chi connectivity index (χ1v) is 11.9. The van der Waals surface area contributed by atoms with E-state index in [0.717, 1.165) is 25.0 Å². The Morgan fingerprint density at radius 1 is 1.09 bits per heavy atom. The molecule has 2 heterocycles. The van der Waals surface area contributed by atoms with Crippen molar-refractivity contribution in [2.75, 3.05) is 11.1 Å².